The molecule has 3 rings (SSSR count). The van der Waals surface area contributed by atoms with E-state index in [1.165, 1.54) is 6.07 Å². The molecule has 1 aliphatic heterocycles. The highest BCUT2D eigenvalue weighted by atomic mass is 16.5. The molecule has 5 nitrogen and oxygen atoms in total. The Bertz CT molecular complexity index is 857. The maximum absolute atomic E-state index is 12.9. The number of aliphatic imine (C=N–C) groups is 1. The number of aromatic hydroxyl groups is 1. The molecule has 0 atom stereocenters. The second kappa shape index (κ2) is 8.71. The molecule has 0 unspecified atom stereocenters. The molecular weight excluding hydrogens is 342 g/mol. The molecule has 0 saturated heterocycles. The first-order valence-corrected chi connectivity index (χ1v) is 9.36. The van der Waals surface area contributed by atoms with Crippen molar-refractivity contribution in [2.24, 2.45) is 4.99 Å². The van der Waals surface area contributed by atoms with E-state index >= 15 is 0 Å². The lowest BCUT2D eigenvalue weighted by molar-refractivity contribution is 0.106. The van der Waals surface area contributed by atoms with Gasteiger partial charge in [0.1, 0.15) is 11.5 Å². The molecule has 0 radical (unpaired) electrons. The van der Waals surface area contributed by atoms with Gasteiger partial charge in [0.15, 0.2) is 11.5 Å². The molecule has 27 heavy (non-hydrogen) atoms. The Morgan fingerprint density at radius 3 is 2.78 bits per heavy atom. The average Bonchev–Trinajstić information content (AvgIpc) is 2.69. The van der Waals surface area contributed by atoms with Crippen LogP contribution in [0.25, 0.3) is 0 Å². The van der Waals surface area contributed by atoms with Gasteiger partial charge in [-0.3, -0.25) is 9.79 Å². The molecule has 0 fully saturated rings. The van der Waals surface area contributed by atoms with Crippen LogP contribution in [0.15, 0.2) is 41.4 Å². The lowest BCUT2D eigenvalue weighted by Crippen LogP contribution is -2.22. The maximum atomic E-state index is 12.9. The van der Waals surface area contributed by atoms with Gasteiger partial charge in [0, 0.05) is 17.7 Å². The molecule has 2 aromatic rings. The summed E-state index contributed by atoms with van der Waals surface area (Å²) in [5.41, 5.74) is 2.62. The van der Waals surface area contributed by atoms with Crippen LogP contribution in [0.1, 0.15) is 47.7 Å². The number of carbonyl (C=O) groups is 1. The van der Waals surface area contributed by atoms with Crippen molar-refractivity contribution in [1.82, 2.24) is 0 Å². The summed E-state index contributed by atoms with van der Waals surface area (Å²) < 4.78 is 11.4. The molecule has 0 aromatic heterocycles. The smallest absolute Gasteiger partial charge is 0.211 e. The summed E-state index contributed by atoms with van der Waals surface area (Å²) >= 11 is 0. The number of nitrogens with zero attached hydrogens (tertiary/aromatic N) is 1. The van der Waals surface area contributed by atoms with Gasteiger partial charge in [0.25, 0.3) is 0 Å². The van der Waals surface area contributed by atoms with E-state index in [9.17, 15) is 9.90 Å². The van der Waals surface area contributed by atoms with Gasteiger partial charge in [-0.05, 0) is 42.7 Å². The van der Waals surface area contributed by atoms with E-state index < -0.39 is 0 Å². The number of phenolic OH excluding ortho intramolecular Hbond substituents is 1. The van der Waals surface area contributed by atoms with Crippen molar-refractivity contribution < 1.29 is 19.4 Å². The van der Waals surface area contributed by atoms with Crippen LogP contribution in [0.2, 0.25) is 0 Å². The third kappa shape index (κ3) is 4.30. The minimum Gasteiger partial charge on any atom is -0.508 e. The molecule has 0 aliphatic carbocycles. The standard InChI is InChI=1S/C22H25NO4/c1-3-4-5-11-27-20-13-15-9-10-23-21(18(15)14-19(20)26-2)22(25)16-7-6-8-17(24)12-16/h6-8,12-14,24H,3-5,9-11H2,1-2H3. The highest BCUT2D eigenvalue weighted by Crippen LogP contribution is 2.33. The molecule has 0 spiro atoms. The monoisotopic (exact) mass is 367 g/mol. The second-order valence-corrected chi connectivity index (χ2v) is 6.58. The third-order valence-electron chi connectivity index (χ3n) is 4.62. The predicted octanol–water partition coefficient (Wildman–Crippen LogP) is 4.20. The van der Waals surface area contributed by atoms with E-state index in [1.54, 1.807) is 25.3 Å². The number of Topliss-reactive ketones (excluding diaryl/α,β-unsaturated/α-hetero) is 1. The lowest BCUT2D eigenvalue weighted by Gasteiger charge is -2.20. The highest BCUT2D eigenvalue weighted by Gasteiger charge is 2.24. The molecule has 0 amide bonds. The normalized spacial score (nSPS) is 12.9. The van der Waals surface area contributed by atoms with E-state index in [-0.39, 0.29) is 11.5 Å². The van der Waals surface area contributed by atoms with E-state index in [1.807, 2.05) is 12.1 Å². The Balaban J connectivity index is 1.90. The number of ketones is 1. The molecule has 1 N–H and O–H groups in total. The SMILES string of the molecule is CCCCCOc1cc2c(cc1OC)C(C(=O)c1cccc(O)c1)=NCC2. The topological polar surface area (TPSA) is 68.1 Å². The molecule has 1 aliphatic rings. The maximum Gasteiger partial charge on any atom is 0.211 e. The summed E-state index contributed by atoms with van der Waals surface area (Å²) in [6.07, 6.45) is 4.02. The molecule has 5 heteroatoms. The third-order valence-corrected chi connectivity index (χ3v) is 4.62. The lowest BCUT2D eigenvalue weighted by atomic mass is 9.92. The molecule has 142 valence electrons. The minimum absolute atomic E-state index is 0.0610. The average molecular weight is 367 g/mol. The van der Waals surface area contributed by atoms with E-state index in [0.29, 0.717) is 35.9 Å². The molecular formula is C22H25NO4. The Hall–Kier alpha value is -2.82. The van der Waals surface area contributed by atoms with E-state index in [2.05, 4.69) is 11.9 Å². The predicted molar refractivity (Wildman–Crippen MR) is 106 cm³/mol. The van der Waals surface area contributed by atoms with Crippen LogP contribution >= 0.6 is 0 Å². The zero-order valence-corrected chi connectivity index (χ0v) is 15.8. The summed E-state index contributed by atoms with van der Waals surface area (Å²) in [4.78, 5) is 17.4. The molecule has 0 bridgehead atoms. The number of rotatable bonds is 8. The molecule has 2 aromatic carbocycles. The second-order valence-electron chi connectivity index (χ2n) is 6.58. The van der Waals surface area contributed by atoms with Gasteiger partial charge in [-0.2, -0.15) is 0 Å². The fourth-order valence-electron chi connectivity index (χ4n) is 3.19. The minimum atomic E-state index is -0.203. The fourth-order valence-corrected chi connectivity index (χ4v) is 3.19. The Morgan fingerprint density at radius 1 is 1.19 bits per heavy atom. The number of unbranched alkanes of at least 4 members (excludes halogenated alkanes) is 2. The number of methoxy groups -OCH3 is 1. The van der Waals surface area contributed by atoms with Crippen LogP contribution in [0.3, 0.4) is 0 Å². The van der Waals surface area contributed by atoms with Crippen LogP contribution in [-0.4, -0.2) is 36.9 Å². The van der Waals surface area contributed by atoms with Gasteiger partial charge in [-0.15, -0.1) is 0 Å². The first-order chi connectivity index (χ1) is 13.1. The van der Waals surface area contributed by atoms with Gasteiger partial charge < -0.3 is 14.6 Å². The van der Waals surface area contributed by atoms with Gasteiger partial charge in [-0.1, -0.05) is 31.9 Å². The van der Waals surface area contributed by atoms with Crippen molar-refractivity contribution in [3.63, 3.8) is 0 Å². The number of hydrogen-bond acceptors (Lipinski definition) is 5. The first-order valence-electron chi connectivity index (χ1n) is 9.36. The van der Waals surface area contributed by atoms with Crippen molar-refractivity contribution in [1.29, 1.82) is 0 Å². The first kappa shape index (κ1) is 19.0. The number of hydrogen-bond donors (Lipinski definition) is 1. The van der Waals surface area contributed by atoms with Crippen molar-refractivity contribution in [2.75, 3.05) is 20.3 Å². The van der Waals surface area contributed by atoms with E-state index in [0.717, 1.165) is 36.8 Å². The summed E-state index contributed by atoms with van der Waals surface area (Å²) in [6.45, 7) is 3.35. The Morgan fingerprint density at radius 2 is 2.04 bits per heavy atom. The van der Waals surface area contributed by atoms with Crippen molar-refractivity contribution in [3.8, 4) is 17.2 Å². The number of ether oxygens (including phenoxy) is 2. The van der Waals surface area contributed by atoms with Crippen LogP contribution in [0.5, 0.6) is 17.2 Å². The van der Waals surface area contributed by atoms with Crippen LogP contribution in [-0.2, 0) is 6.42 Å². The summed E-state index contributed by atoms with van der Waals surface area (Å²) in [5.74, 6) is 1.17. The van der Waals surface area contributed by atoms with Gasteiger partial charge in [0.05, 0.1) is 13.7 Å². The van der Waals surface area contributed by atoms with E-state index in [4.69, 9.17) is 9.47 Å². The van der Waals surface area contributed by atoms with Gasteiger partial charge in [-0.25, -0.2) is 0 Å². The van der Waals surface area contributed by atoms with Crippen LogP contribution < -0.4 is 9.47 Å². The fraction of sp³-hybridized carbons (Fsp3) is 0.364. The summed E-state index contributed by atoms with van der Waals surface area (Å²) in [5, 5.41) is 9.67. The number of phenols is 1. The Labute approximate surface area is 159 Å². The number of carbonyl (C=O) groups excluding carboxylic acids is 1. The van der Waals surface area contributed by atoms with Crippen molar-refractivity contribution in [2.45, 2.75) is 32.6 Å². The van der Waals surface area contributed by atoms with Gasteiger partial charge >= 0.3 is 0 Å². The largest absolute Gasteiger partial charge is 0.508 e. The quantitative estimate of drug-likeness (QED) is 0.561. The number of benzene rings is 2. The zero-order valence-electron chi connectivity index (χ0n) is 15.8. The van der Waals surface area contributed by atoms with Crippen LogP contribution in [0, 0.1) is 0 Å². The highest BCUT2D eigenvalue weighted by molar-refractivity contribution is 6.52. The summed E-state index contributed by atoms with van der Waals surface area (Å²) in [6, 6.07) is 10.1. The van der Waals surface area contributed by atoms with Crippen molar-refractivity contribution in [3.05, 3.63) is 53.1 Å². The van der Waals surface area contributed by atoms with Crippen LogP contribution in [0.4, 0.5) is 0 Å². The Kier molecular flexibility index (Phi) is 6.12. The molecule has 0 saturated carbocycles. The molecule has 1 heterocycles. The summed E-state index contributed by atoms with van der Waals surface area (Å²) in [7, 11) is 1.59. The number of fused-ring (bicyclic) bond motifs is 1. The van der Waals surface area contributed by atoms with Gasteiger partial charge in [0.2, 0.25) is 5.78 Å². The van der Waals surface area contributed by atoms with Crippen molar-refractivity contribution >= 4 is 11.5 Å². The zero-order chi connectivity index (χ0) is 19.2.